The maximum absolute atomic E-state index is 12.0. The molecular formula is C36H65N3O13. The van der Waals surface area contributed by atoms with E-state index in [0.717, 1.165) is 50.6 Å². The van der Waals surface area contributed by atoms with Crippen LogP contribution in [0.4, 0.5) is 4.79 Å². The lowest BCUT2D eigenvalue weighted by atomic mass is 10.0. The van der Waals surface area contributed by atoms with Crippen molar-refractivity contribution in [2.24, 2.45) is 0 Å². The lowest BCUT2D eigenvalue weighted by molar-refractivity contribution is -0.211. The Labute approximate surface area is 309 Å². The van der Waals surface area contributed by atoms with Crippen molar-refractivity contribution in [2.75, 3.05) is 119 Å². The zero-order valence-electron chi connectivity index (χ0n) is 31.5. The Morgan fingerprint density at radius 3 is 1.94 bits per heavy atom. The van der Waals surface area contributed by atoms with Crippen molar-refractivity contribution < 1.29 is 62.1 Å². The molecule has 4 N–H and O–H groups in total. The number of carbonyl (C=O) groups is 3. The zero-order chi connectivity index (χ0) is 38.0. The standard InChI is InChI=1S/C36H65N3O13/c1-31(29-48-27-28-49-30-34(41)42)11-13-37-14-19-50-36(2,3)51-20-16-38-33(40)12-17-44-21-23-46-25-26-47-24-22-45-18-15-39-35(43)52-32-9-7-5-4-6-8-10-32/h4-5,32,37H,1,6-30H2,2-3H3,(H,38,40)(H,39,43)(H,41,42)/b5-4-. The molecule has 0 bridgehead atoms. The smallest absolute Gasteiger partial charge is 0.407 e. The van der Waals surface area contributed by atoms with Crippen LogP contribution in [0.3, 0.4) is 0 Å². The molecule has 1 aliphatic rings. The van der Waals surface area contributed by atoms with Crippen molar-refractivity contribution in [1.29, 1.82) is 0 Å². The van der Waals surface area contributed by atoms with Gasteiger partial charge in [0.15, 0.2) is 5.79 Å². The predicted octanol–water partition coefficient (Wildman–Crippen LogP) is 2.60. The lowest BCUT2D eigenvalue weighted by Crippen LogP contribution is -2.36. The zero-order valence-corrected chi connectivity index (χ0v) is 31.5. The quantitative estimate of drug-likeness (QED) is 0.0427. The van der Waals surface area contributed by atoms with Gasteiger partial charge < -0.3 is 63.7 Å². The van der Waals surface area contributed by atoms with E-state index in [4.69, 9.17) is 47.7 Å². The minimum absolute atomic E-state index is 0.0238. The van der Waals surface area contributed by atoms with Gasteiger partial charge in [-0.05, 0) is 58.9 Å². The first-order chi connectivity index (χ1) is 25.2. The van der Waals surface area contributed by atoms with Gasteiger partial charge in [0, 0.05) is 26.1 Å². The number of alkyl carbamates (subject to hydrolysis) is 1. The lowest BCUT2D eigenvalue weighted by Gasteiger charge is -2.26. The van der Waals surface area contributed by atoms with Gasteiger partial charge in [0.05, 0.1) is 85.9 Å². The molecule has 1 rings (SSSR count). The van der Waals surface area contributed by atoms with Gasteiger partial charge in [0.1, 0.15) is 12.7 Å². The summed E-state index contributed by atoms with van der Waals surface area (Å²) in [5.41, 5.74) is 0.926. The molecule has 16 nitrogen and oxygen atoms in total. The minimum Gasteiger partial charge on any atom is -0.480 e. The Balaban J connectivity index is 1.82. The van der Waals surface area contributed by atoms with Crippen LogP contribution in [0.1, 0.15) is 58.8 Å². The molecule has 0 heterocycles. The molecule has 1 atom stereocenters. The average molecular weight is 748 g/mol. The molecule has 0 saturated heterocycles. The molecule has 0 aliphatic heterocycles. The molecule has 0 spiro atoms. The molecule has 0 fully saturated rings. The van der Waals surface area contributed by atoms with E-state index in [-0.39, 0.29) is 31.6 Å². The van der Waals surface area contributed by atoms with Crippen molar-refractivity contribution in [1.82, 2.24) is 16.0 Å². The number of ether oxygens (including phenoxy) is 9. The molecule has 52 heavy (non-hydrogen) atoms. The Kier molecular flexibility index (Phi) is 30.0. The summed E-state index contributed by atoms with van der Waals surface area (Å²) in [6.45, 7) is 14.2. The number of rotatable bonds is 34. The van der Waals surface area contributed by atoms with Crippen LogP contribution in [0, 0.1) is 0 Å². The number of allylic oxidation sites excluding steroid dienone is 2. The monoisotopic (exact) mass is 747 g/mol. The largest absolute Gasteiger partial charge is 0.480 e. The molecule has 0 aromatic heterocycles. The SMILES string of the molecule is C=C(CCNCCOC(C)(C)OCCNC(=O)CCOCCOCCOCCOCCNC(=O)OC1CC/C=C\CCC1)COCCOCC(=O)O. The molecular weight excluding hydrogens is 682 g/mol. The van der Waals surface area contributed by atoms with Crippen LogP contribution in [-0.4, -0.2) is 154 Å². The Morgan fingerprint density at radius 2 is 1.25 bits per heavy atom. The van der Waals surface area contributed by atoms with E-state index in [9.17, 15) is 14.4 Å². The van der Waals surface area contributed by atoms with E-state index in [0.29, 0.717) is 98.9 Å². The van der Waals surface area contributed by atoms with Crippen LogP contribution >= 0.6 is 0 Å². The van der Waals surface area contributed by atoms with Crippen molar-refractivity contribution in [3.05, 3.63) is 24.3 Å². The molecule has 16 heteroatoms. The van der Waals surface area contributed by atoms with Gasteiger partial charge in [-0.2, -0.15) is 0 Å². The molecule has 1 unspecified atom stereocenters. The van der Waals surface area contributed by atoms with E-state index in [1.54, 1.807) is 0 Å². The Bertz CT molecular complexity index is 968. The van der Waals surface area contributed by atoms with Gasteiger partial charge in [-0.25, -0.2) is 9.59 Å². The summed E-state index contributed by atoms with van der Waals surface area (Å²) in [7, 11) is 0. The van der Waals surface area contributed by atoms with E-state index < -0.39 is 17.8 Å². The summed E-state index contributed by atoms with van der Waals surface area (Å²) in [6.07, 6.45) is 9.67. The van der Waals surface area contributed by atoms with Gasteiger partial charge in [-0.3, -0.25) is 4.79 Å². The van der Waals surface area contributed by atoms with E-state index in [2.05, 4.69) is 34.7 Å². The van der Waals surface area contributed by atoms with Crippen LogP contribution in [0.2, 0.25) is 0 Å². The van der Waals surface area contributed by atoms with E-state index in [1.165, 1.54) is 0 Å². The number of amides is 2. The normalized spacial score (nSPS) is 15.4. The van der Waals surface area contributed by atoms with Crippen molar-refractivity contribution in [3.8, 4) is 0 Å². The molecule has 0 aromatic carbocycles. The number of carbonyl (C=O) groups excluding carboxylic acids is 2. The predicted molar refractivity (Wildman–Crippen MR) is 193 cm³/mol. The number of aliphatic carboxylic acids is 1. The number of nitrogens with one attached hydrogen (secondary N) is 3. The molecule has 1 aliphatic carbocycles. The molecule has 302 valence electrons. The second kappa shape index (κ2) is 32.9. The van der Waals surface area contributed by atoms with Gasteiger partial charge in [0.25, 0.3) is 0 Å². The summed E-state index contributed by atoms with van der Waals surface area (Å²) in [6, 6.07) is 0. The third-order valence-corrected chi connectivity index (χ3v) is 7.26. The van der Waals surface area contributed by atoms with Crippen LogP contribution in [0.25, 0.3) is 0 Å². The highest BCUT2D eigenvalue weighted by atomic mass is 16.7. The molecule has 0 aromatic rings. The highest BCUT2D eigenvalue weighted by molar-refractivity contribution is 5.75. The van der Waals surface area contributed by atoms with E-state index in [1.807, 2.05) is 13.8 Å². The number of carboxylic acids is 1. The Hall–Kier alpha value is -2.67. The van der Waals surface area contributed by atoms with Gasteiger partial charge >= 0.3 is 12.1 Å². The highest BCUT2D eigenvalue weighted by Gasteiger charge is 2.18. The first-order valence-corrected chi connectivity index (χ1v) is 18.4. The first kappa shape index (κ1) is 47.4. The number of hydrogen-bond donors (Lipinski definition) is 4. The second-order valence-corrected chi connectivity index (χ2v) is 12.3. The van der Waals surface area contributed by atoms with Crippen molar-refractivity contribution >= 4 is 18.0 Å². The highest BCUT2D eigenvalue weighted by Crippen LogP contribution is 2.15. The fraction of sp³-hybridized carbons (Fsp3) is 0.806. The van der Waals surface area contributed by atoms with E-state index >= 15 is 0 Å². The van der Waals surface area contributed by atoms with Gasteiger partial charge in [-0.15, -0.1) is 0 Å². The first-order valence-electron chi connectivity index (χ1n) is 18.4. The molecule has 0 radical (unpaired) electrons. The van der Waals surface area contributed by atoms with Crippen molar-refractivity contribution in [2.45, 2.75) is 70.7 Å². The maximum atomic E-state index is 12.0. The van der Waals surface area contributed by atoms with Gasteiger partial charge in [-0.1, -0.05) is 24.3 Å². The third-order valence-electron chi connectivity index (χ3n) is 7.26. The van der Waals surface area contributed by atoms with Crippen molar-refractivity contribution in [3.63, 3.8) is 0 Å². The fourth-order valence-electron chi connectivity index (χ4n) is 4.53. The summed E-state index contributed by atoms with van der Waals surface area (Å²) < 4.78 is 49.2. The molecule has 0 saturated carbocycles. The summed E-state index contributed by atoms with van der Waals surface area (Å²) in [5.74, 6) is -1.92. The topological polar surface area (TPSA) is 191 Å². The molecule has 2 amide bonds. The van der Waals surface area contributed by atoms with Crippen LogP contribution in [-0.2, 0) is 52.2 Å². The number of hydrogen-bond acceptors (Lipinski definition) is 13. The Morgan fingerprint density at radius 1 is 0.673 bits per heavy atom. The summed E-state index contributed by atoms with van der Waals surface area (Å²) in [4.78, 5) is 34.3. The summed E-state index contributed by atoms with van der Waals surface area (Å²) >= 11 is 0. The van der Waals surface area contributed by atoms with Crippen LogP contribution in [0.5, 0.6) is 0 Å². The van der Waals surface area contributed by atoms with Gasteiger partial charge in [0.2, 0.25) is 5.91 Å². The fourth-order valence-corrected chi connectivity index (χ4v) is 4.53. The average Bonchev–Trinajstić information content (AvgIpc) is 3.09. The number of carboxylic acid groups (broad SMARTS) is 1. The van der Waals surface area contributed by atoms with Crippen LogP contribution in [0.15, 0.2) is 24.3 Å². The minimum atomic E-state index is -1.00. The van der Waals surface area contributed by atoms with Crippen LogP contribution < -0.4 is 16.0 Å². The second-order valence-electron chi connectivity index (χ2n) is 12.3. The third kappa shape index (κ3) is 32.0. The maximum Gasteiger partial charge on any atom is 0.407 e. The summed E-state index contributed by atoms with van der Waals surface area (Å²) in [5, 5.41) is 17.3.